The van der Waals surface area contributed by atoms with Crippen LogP contribution >= 0.6 is 0 Å². The molecule has 0 unspecified atom stereocenters. The molecule has 7 heteroatoms. The van der Waals surface area contributed by atoms with E-state index in [0.717, 1.165) is 37.2 Å². The number of hydrogen-bond acceptors (Lipinski definition) is 7. The summed E-state index contributed by atoms with van der Waals surface area (Å²) in [4.78, 5) is 6.76. The summed E-state index contributed by atoms with van der Waals surface area (Å²) in [7, 11) is 0. The van der Waals surface area contributed by atoms with Crippen LogP contribution in [0.5, 0.6) is 0 Å². The molecule has 2 aromatic heterocycles. The average Bonchev–Trinajstić information content (AvgIpc) is 3.37. The molecule has 3 heterocycles. The fourth-order valence-electron chi connectivity index (χ4n) is 3.22. The zero-order valence-electron chi connectivity index (χ0n) is 14.3. The highest BCUT2D eigenvalue weighted by atomic mass is 16.5. The molecule has 1 aliphatic rings. The van der Waals surface area contributed by atoms with E-state index >= 15 is 0 Å². The Hall–Kier alpha value is -2.54. The number of rotatable bonds is 6. The van der Waals surface area contributed by atoms with E-state index < -0.39 is 0 Å². The zero-order valence-corrected chi connectivity index (χ0v) is 14.3. The van der Waals surface area contributed by atoms with E-state index in [2.05, 4.69) is 37.4 Å². The first-order chi connectivity index (χ1) is 12.3. The van der Waals surface area contributed by atoms with Crippen LogP contribution in [0, 0.1) is 0 Å². The maximum absolute atomic E-state index is 5.83. The Bertz CT molecular complexity index is 814. The second-order valence-electron chi connectivity index (χ2n) is 6.28. The molecule has 7 nitrogen and oxygen atoms in total. The Kier molecular flexibility index (Phi) is 4.56. The summed E-state index contributed by atoms with van der Waals surface area (Å²) in [6.07, 6.45) is 3.54. The first kappa shape index (κ1) is 16.0. The van der Waals surface area contributed by atoms with Gasteiger partial charge in [0.15, 0.2) is 5.82 Å². The van der Waals surface area contributed by atoms with Crippen molar-refractivity contribution in [1.82, 2.24) is 25.2 Å². The minimum Gasteiger partial charge on any atom is -0.424 e. The van der Waals surface area contributed by atoms with Gasteiger partial charge in [-0.25, -0.2) is 0 Å². The van der Waals surface area contributed by atoms with Crippen molar-refractivity contribution in [2.24, 2.45) is 0 Å². The Balaban J connectivity index is 1.43. The van der Waals surface area contributed by atoms with Crippen molar-refractivity contribution in [1.29, 1.82) is 0 Å². The van der Waals surface area contributed by atoms with E-state index in [1.54, 1.807) is 0 Å². The van der Waals surface area contributed by atoms with Crippen LogP contribution in [0.15, 0.2) is 39.3 Å². The summed E-state index contributed by atoms with van der Waals surface area (Å²) in [6.45, 7) is 3.59. The molecule has 1 atom stereocenters. The highest BCUT2D eigenvalue weighted by molar-refractivity contribution is 5.17. The lowest BCUT2D eigenvalue weighted by atomic mass is 10.2. The first-order valence-electron chi connectivity index (χ1n) is 8.73. The monoisotopic (exact) mass is 339 g/mol. The third-order valence-electron chi connectivity index (χ3n) is 4.49. The van der Waals surface area contributed by atoms with Crippen molar-refractivity contribution in [2.75, 3.05) is 6.54 Å². The molecule has 0 amide bonds. The molecule has 25 heavy (non-hydrogen) atoms. The summed E-state index contributed by atoms with van der Waals surface area (Å²) in [5.41, 5.74) is 1.16. The number of hydrogen-bond donors (Lipinski definition) is 0. The zero-order chi connectivity index (χ0) is 17.1. The Morgan fingerprint density at radius 2 is 1.96 bits per heavy atom. The van der Waals surface area contributed by atoms with Crippen molar-refractivity contribution in [3.05, 3.63) is 59.4 Å². The molecule has 0 spiro atoms. The third-order valence-corrected chi connectivity index (χ3v) is 4.49. The summed E-state index contributed by atoms with van der Waals surface area (Å²) in [6, 6.07) is 10.3. The first-order valence-corrected chi connectivity index (χ1v) is 8.73. The number of benzene rings is 1. The lowest BCUT2D eigenvalue weighted by Crippen LogP contribution is -2.23. The predicted molar refractivity (Wildman–Crippen MR) is 89.6 cm³/mol. The van der Waals surface area contributed by atoms with Gasteiger partial charge in [0.25, 0.3) is 0 Å². The smallest absolute Gasteiger partial charge is 0.230 e. The summed E-state index contributed by atoms with van der Waals surface area (Å²) >= 11 is 0. The summed E-state index contributed by atoms with van der Waals surface area (Å²) in [5.74, 6) is 2.73. The lowest BCUT2D eigenvalue weighted by molar-refractivity contribution is 0.210. The van der Waals surface area contributed by atoms with E-state index in [1.165, 1.54) is 0 Å². The molecule has 1 aromatic carbocycles. The molecule has 0 N–H and O–H groups in total. The van der Waals surface area contributed by atoms with Crippen molar-refractivity contribution in [2.45, 2.75) is 45.2 Å². The molecule has 1 fully saturated rings. The lowest BCUT2D eigenvalue weighted by Gasteiger charge is -2.19. The van der Waals surface area contributed by atoms with Crippen molar-refractivity contribution in [3.63, 3.8) is 0 Å². The highest BCUT2D eigenvalue weighted by Crippen LogP contribution is 2.31. The fraction of sp³-hybridized carbons (Fsp3) is 0.444. The van der Waals surface area contributed by atoms with Gasteiger partial charge in [0.05, 0.1) is 19.0 Å². The van der Waals surface area contributed by atoms with Crippen LogP contribution in [0.1, 0.15) is 54.9 Å². The standard InChI is InChI=1S/C18H21N5O2/c1-2-15-19-18(22-25-15)14-9-6-10-23(14)12-17-21-20-16(24-17)11-13-7-4-3-5-8-13/h3-5,7-8,14H,2,6,9-12H2,1H3/t14-/m0/s1. The van der Waals surface area contributed by atoms with Crippen LogP contribution in [0.4, 0.5) is 0 Å². The number of nitrogens with zero attached hydrogens (tertiary/aromatic N) is 5. The molecule has 0 saturated carbocycles. The fourth-order valence-corrected chi connectivity index (χ4v) is 3.22. The van der Waals surface area contributed by atoms with E-state index in [9.17, 15) is 0 Å². The van der Waals surface area contributed by atoms with Crippen LogP contribution in [-0.4, -0.2) is 31.8 Å². The van der Waals surface area contributed by atoms with Crippen molar-refractivity contribution < 1.29 is 8.94 Å². The second-order valence-corrected chi connectivity index (χ2v) is 6.28. The number of likely N-dealkylation sites (tertiary alicyclic amines) is 1. The average molecular weight is 339 g/mol. The largest absolute Gasteiger partial charge is 0.424 e. The van der Waals surface area contributed by atoms with E-state index in [4.69, 9.17) is 8.94 Å². The Morgan fingerprint density at radius 1 is 1.12 bits per heavy atom. The molecular weight excluding hydrogens is 318 g/mol. The predicted octanol–water partition coefficient (Wildman–Crippen LogP) is 2.94. The van der Waals surface area contributed by atoms with Crippen LogP contribution in [0.3, 0.4) is 0 Å². The van der Waals surface area contributed by atoms with Gasteiger partial charge in [-0.15, -0.1) is 10.2 Å². The maximum atomic E-state index is 5.83. The molecule has 3 aromatic rings. The molecule has 130 valence electrons. The minimum atomic E-state index is 0.161. The molecule has 1 saturated heterocycles. The number of aromatic nitrogens is 4. The Labute approximate surface area is 146 Å². The van der Waals surface area contributed by atoms with Crippen LogP contribution in [0.2, 0.25) is 0 Å². The van der Waals surface area contributed by atoms with Crippen LogP contribution in [-0.2, 0) is 19.4 Å². The minimum absolute atomic E-state index is 0.161. The van der Waals surface area contributed by atoms with E-state index in [-0.39, 0.29) is 6.04 Å². The van der Waals surface area contributed by atoms with Crippen molar-refractivity contribution >= 4 is 0 Å². The summed E-state index contributed by atoms with van der Waals surface area (Å²) < 4.78 is 11.1. The highest BCUT2D eigenvalue weighted by Gasteiger charge is 2.31. The number of aryl methyl sites for hydroxylation is 1. The van der Waals surface area contributed by atoms with Gasteiger partial charge in [-0.05, 0) is 24.9 Å². The van der Waals surface area contributed by atoms with E-state index in [0.29, 0.717) is 30.6 Å². The van der Waals surface area contributed by atoms with Crippen LogP contribution < -0.4 is 0 Å². The summed E-state index contributed by atoms with van der Waals surface area (Å²) in [5, 5.41) is 12.5. The van der Waals surface area contributed by atoms with Gasteiger partial charge in [-0.1, -0.05) is 42.4 Å². The van der Waals surface area contributed by atoms with E-state index in [1.807, 2.05) is 25.1 Å². The van der Waals surface area contributed by atoms with Gasteiger partial charge in [0.2, 0.25) is 17.7 Å². The second kappa shape index (κ2) is 7.14. The van der Waals surface area contributed by atoms with Gasteiger partial charge in [0, 0.05) is 6.42 Å². The van der Waals surface area contributed by atoms with Crippen LogP contribution in [0.25, 0.3) is 0 Å². The maximum Gasteiger partial charge on any atom is 0.230 e. The van der Waals surface area contributed by atoms with Gasteiger partial charge >= 0.3 is 0 Å². The van der Waals surface area contributed by atoms with Gasteiger partial charge in [-0.2, -0.15) is 4.98 Å². The molecule has 1 aliphatic heterocycles. The van der Waals surface area contributed by atoms with Gasteiger partial charge in [0.1, 0.15) is 0 Å². The molecule has 4 rings (SSSR count). The van der Waals surface area contributed by atoms with Gasteiger partial charge in [-0.3, -0.25) is 4.90 Å². The molecular formula is C18H21N5O2. The quantitative estimate of drug-likeness (QED) is 0.683. The van der Waals surface area contributed by atoms with Crippen molar-refractivity contribution in [3.8, 4) is 0 Å². The van der Waals surface area contributed by atoms with Gasteiger partial charge < -0.3 is 8.94 Å². The Morgan fingerprint density at radius 3 is 2.76 bits per heavy atom. The molecule has 0 bridgehead atoms. The molecule has 0 aliphatic carbocycles. The normalized spacial score (nSPS) is 18.0. The topological polar surface area (TPSA) is 81.1 Å². The SMILES string of the molecule is CCc1nc([C@@H]2CCCN2Cc2nnc(Cc3ccccc3)o2)no1. The third kappa shape index (κ3) is 3.61. The molecule has 0 radical (unpaired) electrons.